The average Bonchev–Trinajstić information content (AvgIpc) is 2.04. The fourth-order valence-corrected chi connectivity index (χ4v) is 1.03. The predicted octanol–water partition coefficient (Wildman–Crippen LogP) is 3.51. The first-order valence-corrected chi connectivity index (χ1v) is 4.57. The van der Waals surface area contributed by atoms with Crippen LogP contribution < -0.4 is 0 Å². The van der Waals surface area contributed by atoms with Gasteiger partial charge in [-0.2, -0.15) is 0 Å². The molecule has 1 nitrogen and oxygen atoms in total. The summed E-state index contributed by atoms with van der Waals surface area (Å²) in [7, 11) is 0. The number of nitrogens with zero attached hydrogens (tertiary/aromatic N) is 1. The molecule has 0 saturated heterocycles. The van der Waals surface area contributed by atoms with Crippen LogP contribution in [0, 0.1) is 12.5 Å². The molecule has 0 aromatic rings. The third-order valence-electron chi connectivity index (χ3n) is 2.24. The highest BCUT2D eigenvalue weighted by atomic mass is 14.7. The first-order valence-electron chi connectivity index (χ1n) is 4.57. The molecule has 0 spiro atoms. The summed E-state index contributed by atoms with van der Waals surface area (Å²) in [5.74, 6) is 0.841. The molecule has 0 aliphatic carbocycles. The number of hydrogen-bond acceptors (Lipinski definition) is 0. The van der Waals surface area contributed by atoms with Crippen molar-refractivity contribution in [2.24, 2.45) is 5.92 Å². The van der Waals surface area contributed by atoms with Gasteiger partial charge in [-0.05, 0) is 12.3 Å². The van der Waals surface area contributed by atoms with Crippen LogP contribution in [0.4, 0.5) is 0 Å². The van der Waals surface area contributed by atoms with Crippen LogP contribution in [0.1, 0.15) is 46.5 Å². The Labute approximate surface area is 70.6 Å². The van der Waals surface area contributed by atoms with Crippen molar-refractivity contribution in [1.82, 2.24) is 0 Å². The summed E-state index contributed by atoms with van der Waals surface area (Å²) < 4.78 is 0. The van der Waals surface area contributed by atoms with E-state index in [-0.39, 0.29) is 6.04 Å². The molecule has 64 valence electrons. The van der Waals surface area contributed by atoms with Crippen molar-refractivity contribution in [3.8, 4) is 0 Å². The van der Waals surface area contributed by atoms with Crippen molar-refractivity contribution in [1.29, 1.82) is 0 Å². The Morgan fingerprint density at radius 3 is 2.36 bits per heavy atom. The summed E-state index contributed by atoms with van der Waals surface area (Å²) in [5, 5.41) is 0. The summed E-state index contributed by atoms with van der Waals surface area (Å²) in [5.41, 5.74) is 0. The van der Waals surface area contributed by atoms with Crippen LogP contribution in [0.15, 0.2) is 0 Å². The number of hydrogen-bond donors (Lipinski definition) is 0. The Morgan fingerprint density at radius 1 is 1.27 bits per heavy atom. The highest BCUT2D eigenvalue weighted by Crippen LogP contribution is 2.13. The Kier molecular flexibility index (Phi) is 5.93. The van der Waals surface area contributed by atoms with Gasteiger partial charge >= 0.3 is 0 Å². The third-order valence-corrected chi connectivity index (χ3v) is 2.24. The second kappa shape index (κ2) is 6.22. The van der Waals surface area contributed by atoms with E-state index in [1.54, 1.807) is 0 Å². The van der Waals surface area contributed by atoms with Gasteiger partial charge in [-0.1, -0.05) is 26.7 Å². The molecular weight excluding hydrogens is 134 g/mol. The molecule has 0 amide bonds. The van der Waals surface area contributed by atoms with Crippen LogP contribution in [-0.4, -0.2) is 6.04 Å². The minimum atomic E-state index is 0.235. The summed E-state index contributed by atoms with van der Waals surface area (Å²) in [4.78, 5) is 3.46. The third kappa shape index (κ3) is 5.91. The molecule has 0 bridgehead atoms. The zero-order chi connectivity index (χ0) is 8.69. The average molecular weight is 153 g/mol. The molecule has 2 unspecified atom stereocenters. The highest BCUT2D eigenvalue weighted by molar-refractivity contribution is 4.72. The Morgan fingerprint density at radius 2 is 1.91 bits per heavy atom. The van der Waals surface area contributed by atoms with Gasteiger partial charge in [-0.15, -0.1) is 0 Å². The minimum absolute atomic E-state index is 0.235. The molecule has 0 aliphatic heterocycles. The summed E-state index contributed by atoms with van der Waals surface area (Å²) in [6.45, 7) is 13.3. The van der Waals surface area contributed by atoms with E-state index < -0.39 is 0 Å². The maximum atomic E-state index is 6.76. The normalized spacial score (nSPS) is 15.5. The molecule has 0 aromatic heterocycles. The van der Waals surface area contributed by atoms with Crippen LogP contribution in [0.25, 0.3) is 4.85 Å². The van der Waals surface area contributed by atoms with Crippen molar-refractivity contribution < 1.29 is 0 Å². The van der Waals surface area contributed by atoms with E-state index in [2.05, 4.69) is 18.7 Å². The van der Waals surface area contributed by atoms with Gasteiger partial charge in [0.15, 0.2) is 0 Å². The van der Waals surface area contributed by atoms with Gasteiger partial charge < -0.3 is 4.85 Å². The molecule has 0 N–H and O–H groups in total. The maximum absolute atomic E-state index is 6.76. The van der Waals surface area contributed by atoms with E-state index in [0.717, 1.165) is 12.3 Å². The molecule has 0 saturated carbocycles. The monoisotopic (exact) mass is 153 g/mol. The summed E-state index contributed by atoms with van der Waals surface area (Å²) in [6, 6.07) is 0.235. The smallest absolute Gasteiger partial charge is 0.221 e. The van der Waals surface area contributed by atoms with E-state index in [1.807, 2.05) is 6.92 Å². The molecule has 11 heavy (non-hydrogen) atoms. The van der Waals surface area contributed by atoms with E-state index in [9.17, 15) is 0 Å². The van der Waals surface area contributed by atoms with Crippen LogP contribution in [-0.2, 0) is 0 Å². The molecule has 0 fully saturated rings. The quantitative estimate of drug-likeness (QED) is 0.532. The molecular formula is C10H19N. The summed E-state index contributed by atoms with van der Waals surface area (Å²) in [6.07, 6.45) is 4.86. The van der Waals surface area contributed by atoms with E-state index >= 15 is 0 Å². The fourth-order valence-electron chi connectivity index (χ4n) is 1.03. The van der Waals surface area contributed by atoms with Gasteiger partial charge in [-0.3, -0.25) is 0 Å². The van der Waals surface area contributed by atoms with Crippen molar-refractivity contribution in [2.45, 2.75) is 52.5 Å². The topological polar surface area (TPSA) is 4.36 Å². The van der Waals surface area contributed by atoms with Crippen molar-refractivity contribution in [3.63, 3.8) is 0 Å². The lowest BCUT2D eigenvalue weighted by Gasteiger charge is -2.06. The summed E-state index contributed by atoms with van der Waals surface area (Å²) >= 11 is 0. The molecule has 0 aromatic carbocycles. The molecule has 0 heterocycles. The first-order chi connectivity index (χ1) is 5.20. The Balaban J connectivity index is 3.21. The fraction of sp³-hybridized carbons (Fsp3) is 0.900. The molecule has 0 rings (SSSR count). The molecule has 2 atom stereocenters. The van der Waals surface area contributed by atoms with Crippen molar-refractivity contribution in [3.05, 3.63) is 11.4 Å². The van der Waals surface area contributed by atoms with E-state index in [0.29, 0.717) is 0 Å². The lowest BCUT2D eigenvalue weighted by atomic mass is 10.0. The van der Waals surface area contributed by atoms with Crippen LogP contribution >= 0.6 is 0 Å². The van der Waals surface area contributed by atoms with Crippen LogP contribution in [0.2, 0.25) is 0 Å². The van der Waals surface area contributed by atoms with Crippen molar-refractivity contribution in [2.75, 3.05) is 0 Å². The van der Waals surface area contributed by atoms with Gasteiger partial charge in [0, 0.05) is 13.3 Å². The van der Waals surface area contributed by atoms with E-state index in [4.69, 9.17) is 6.57 Å². The van der Waals surface area contributed by atoms with Gasteiger partial charge in [0.25, 0.3) is 0 Å². The van der Waals surface area contributed by atoms with Crippen molar-refractivity contribution >= 4 is 0 Å². The number of rotatable bonds is 5. The highest BCUT2D eigenvalue weighted by Gasteiger charge is 2.04. The van der Waals surface area contributed by atoms with Crippen LogP contribution in [0.5, 0.6) is 0 Å². The second-order valence-electron chi connectivity index (χ2n) is 3.42. The van der Waals surface area contributed by atoms with Crippen LogP contribution in [0.3, 0.4) is 0 Å². The van der Waals surface area contributed by atoms with Gasteiger partial charge in [0.05, 0.1) is 0 Å². The SMILES string of the molecule is [C-]#[N+]C(C)CCCC(C)CC. The lowest BCUT2D eigenvalue weighted by molar-refractivity contribution is 0.478. The minimum Gasteiger partial charge on any atom is -0.314 e. The predicted molar refractivity (Wildman–Crippen MR) is 49.4 cm³/mol. The molecule has 0 radical (unpaired) electrons. The Hall–Kier alpha value is -0.510. The zero-order valence-electron chi connectivity index (χ0n) is 7.93. The lowest BCUT2D eigenvalue weighted by Crippen LogP contribution is -1.97. The standard InChI is InChI=1S/C10H19N/c1-5-9(2)7-6-8-10(3)11-4/h9-10H,5-8H2,1-3H3. The maximum Gasteiger partial charge on any atom is 0.221 e. The zero-order valence-corrected chi connectivity index (χ0v) is 7.93. The molecule has 1 heteroatoms. The molecule has 0 aliphatic rings. The second-order valence-corrected chi connectivity index (χ2v) is 3.42. The van der Waals surface area contributed by atoms with E-state index in [1.165, 1.54) is 19.3 Å². The van der Waals surface area contributed by atoms with Gasteiger partial charge in [0.2, 0.25) is 6.04 Å². The largest absolute Gasteiger partial charge is 0.314 e. The van der Waals surface area contributed by atoms with Gasteiger partial charge in [0.1, 0.15) is 0 Å². The first kappa shape index (κ1) is 10.5. The Bertz CT molecular complexity index is 123. The van der Waals surface area contributed by atoms with Gasteiger partial charge in [-0.25, -0.2) is 6.57 Å².